The van der Waals surface area contributed by atoms with Crippen molar-refractivity contribution in [3.63, 3.8) is 0 Å². The predicted molar refractivity (Wildman–Crippen MR) is 79.5 cm³/mol. The number of hydrogen-bond acceptors (Lipinski definition) is 2. The second-order valence-corrected chi connectivity index (χ2v) is 4.79. The molecule has 0 spiro atoms. The van der Waals surface area contributed by atoms with Crippen LogP contribution >= 0.6 is 0 Å². The Hall–Kier alpha value is -2.10. The van der Waals surface area contributed by atoms with Crippen LogP contribution in [-0.4, -0.2) is 27.1 Å². The number of aryl methyl sites for hydroxylation is 2. The zero-order chi connectivity index (χ0) is 14.5. The van der Waals surface area contributed by atoms with E-state index in [1.807, 2.05) is 62.1 Å². The Labute approximate surface area is 120 Å². The average Bonchev–Trinajstić information content (AvgIpc) is 2.86. The van der Waals surface area contributed by atoms with Crippen molar-refractivity contribution in [3.05, 3.63) is 53.3 Å². The maximum absolute atomic E-state index is 12.6. The molecule has 0 aliphatic rings. The molecule has 0 bridgehead atoms. The minimum atomic E-state index is 0.0406. The van der Waals surface area contributed by atoms with Gasteiger partial charge in [-0.25, -0.2) is 0 Å². The quantitative estimate of drug-likeness (QED) is 0.838. The van der Waals surface area contributed by atoms with Crippen LogP contribution in [-0.2, 0) is 13.1 Å². The average molecular weight is 271 g/mol. The van der Waals surface area contributed by atoms with Gasteiger partial charge in [-0.05, 0) is 32.4 Å². The van der Waals surface area contributed by atoms with Gasteiger partial charge in [-0.15, -0.1) is 0 Å². The number of benzene rings is 1. The maximum atomic E-state index is 12.6. The molecule has 2 rings (SSSR count). The van der Waals surface area contributed by atoms with E-state index in [0.717, 1.165) is 11.3 Å². The highest BCUT2D eigenvalue weighted by Gasteiger charge is 2.19. The normalized spacial score (nSPS) is 10.6. The van der Waals surface area contributed by atoms with Crippen LogP contribution in [0.25, 0.3) is 0 Å². The van der Waals surface area contributed by atoms with E-state index in [4.69, 9.17) is 0 Å². The fourth-order valence-corrected chi connectivity index (χ4v) is 2.25. The van der Waals surface area contributed by atoms with Gasteiger partial charge >= 0.3 is 0 Å². The molecule has 0 saturated heterocycles. The van der Waals surface area contributed by atoms with E-state index in [1.54, 1.807) is 4.68 Å². The number of amides is 1. The zero-order valence-electron chi connectivity index (χ0n) is 12.3. The molecule has 1 aromatic heterocycles. The number of nitrogens with zero attached hydrogens (tertiary/aromatic N) is 3. The third kappa shape index (κ3) is 3.07. The Kier molecular flexibility index (Phi) is 4.56. The highest BCUT2D eigenvalue weighted by Crippen LogP contribution is 2.11. The Morgan fingerprint density at radius 1 is 1.25 bits per heavy atom. The van der Waals surface area contributed by atoms with E-state index in [-0.39, 0.29) is 5.91 Å². The van der Waals surface area contributed by atoms with E-state index >= 15 is 0 Å². The molecule has 0 fully saturated rings. The molecule has 0 unspecified atom stereocenters. The van der Waals surface area contributed by atoms with Crippen molar-refractivity contribution in [2.45, 2.75) is 33.9 Å². The van der Waals surface area contributed by atoms with Crippen molar-refractivity contribution < 1.29 is 4.79 Å². The Morgan fingerprint density at radius 2 is 1.95 bits per heavy atom. The van der Waals surface area contributed by atoms with Gasteiger partial charge in [0.15, 0.2) is 0 Å². The van der Waals surface area contributed by atoms with E-state index in [1.165, 1.54) is 0 Å². The SMILES string of the molecule is CCN(Cc1ccccc1)C(=O)c1cc(C)nn1CC. The van der Waals surface area contributed by atoms with Crippen molar-refractivity contribution in [2.24, 2.45) is 0 Å². The van der Waals surface area contributed by atoms with Crippen molar-refractivity contribution in [3.8, 4) is 0 Å². The van der Waals surface area contributed by atoms with E-state index in [2.05, 4.69) is 5.10 Å². The van der Waals surface area contributed by atoms with Crippen molar-refractivity contribution in [2.75, 3.05) is 6.54 Å². The molecule has 20 heavy (non-hydrogen) atoms. The molecule has 4 heteroatoms. The molecule has 4 nitrogen and oxygen atoms in total. The molecule has 2 aromatic rings. The van der Waals surface area contributed by atoms with Crippen LogP contribution in [0.4, 0.5) is 0 Å². The molecule has 0 aliphatic carbocycles. The molecule has 1 aromatic carbocycles. The Bertz CT molecular complexity index is 575. The Morgan fingerprint density at radius 3 is 2.55 bits per heavy atom. The maximum Gasteiger partial charge on any atom is 0.272 e. The van der Waals surface area contributed by atoms with E-state index < -0.39 is 0 Å². The number of carbonyl (C=O) groups excluding carboxylic acids is 1. The van der Waals surface area contributed by atoms with Gasteiger partial charge in [-0.2, -0.15) is 5.10 Å². The first-order chi connectivity index (χ1) is 9.65. The molecule has 1 amide bonds. The lowest BCUT2D eigenvalue weighted by atomic mass is 10.2. The summed E-state index contributed by atoms with van der Waals surface area (Å²) in [6.07, 6.45) is 0. The minimum Gasteiger partial charge on any atom is -0.333 e. The predicted octanol–water partition coefficient (Wildman–Crippen LogP) is 2.87. The largest absolute Gasteiger partial charge is 0.333 e. The van der Waals surface area contributed by atoms with Crippen molar-refractivity contribution >= 4 is 5.91 Å². The number of rotatable bonds is 5. The third-order valence-corrected chi connectivity index (χ3v) is 3.31. The lowest BCUT2D eigenvalue weighted by molar-refractivity contribution is 0.0740. The third-order valence-electron chi connectivity index (χ3n) is 3.31. The van der Waals surface area contributed by atoms with Crippen LogP contribution in [0, 0.1) is 6.92 Å². The lowest BCUT2D eigenvalue weighted by Gasteiger charge is -2.21. The van der Waals surface area contributed by atoms with Gasteiger partial charge in [-0.1, -0.05) is 30.3 Å². The van der Waals surface area contributed by atoms with Crippen molar-refractivity contribution in [1.82, 2.24) is 14.7 Å². The van der Waals surface area contributed by atoms with Gasteiger partial charge in [0, 0.05) is 19.6 Å². The summed E-state index contributed by atoms with van der Waals surface area (Å²) in [6, 6.07) is 11.9. The minimum absolute atomic E-state index is 0.0406. The van der Waals surface area contributed by atoms with Crippen molar-refractivity contribution in [1.29, 1.82) is 0 Å². The summed E-state index contributed by atoms with van der Waals surface area (Å²) in [4.78, 5) is 14.5. The van der Waals surface area contributed by atoms with Crippen LogP contribution in [0.5, 0.6) is 0 Å². The standard InChI is InChI=1S/C16H21N3O/c1-4-18(12-14-9-7-6-8-10-14)16(20)15-11-13(3)17-19(15)5-2/h6-11H,4-5,12H2,1-3H3. The number of carbonyl (C=O) groups is 1. The number of aromatic nitrogens is 2. The van der Waals surface area contributed by atoms with Crippen LogP contribution in [0.2, 0.25) is 0 Å². The summed E-state index contributed by atoms with van der Waals surface area (Å²) in [7, 11) is 0. The van der Waals surface area contributed by atoms with E-state index in [9.17, 15) is 4.79 Å². The molecular weight excluding hydrogens is 250 g/mol. The topological polar surface area (TPSA) is 38.1 Å². The van der Waals surface area contributed by atoms with Crippen LogP contribution in [0.3, 0.4) is 0 Å². The molecule has 0 N–H and O–H groups in total. The molecule has 1 heterocycles. The first-order valence-corrected chi connectivity index (χ1v) is 7.03. The Balaban J connectivity index is 2.20. The van der Waals surface area contributed by atoms with Gasteiger partial charge < -0.3 is 4.90 Å². The van der Waals surface area contributed by atoms with Gasteiger partial charge in [0.25, 0.3) is 5.91 Å². The smallest absolute Gasteiger partial charge is 0.272 e. The second kappa shape index (κ2) is 6.37. The highest BCUT2D eigenvalue weighted by atomic mass is 16.2. The lowest BCUT2D eigenvalue weighted by Crippen LogP contribution is -2.32. The van der Waals surface area contributed by atoms with Gasteiger partial charge in [0.2, 0.25) is 0 Å². The first kappa shape index (κ1) is 14.3. The molecule has 0 radical (unpaired) electrons. The molecular formula is C16H21N3O. The fraction of sp³-hybridized carbons (Fsp3) is 0.375. The summed E-state index contributed by atoms with van der Waals surface area (Å²) in [5, 5.41) is 4.34. The van der Waals surface area contributed by atoms with Crippen LogP contribution in [0.15, 0.2) is 36.4 Å². The van der Waals surface area contributed by atoms with Gasteiger partial charge in [0.1, 0.15) is 5.69 Å². The van der Waals surface area contributed by atoms with Gasteiger partial charge in [-0.3, -0.25) is 9.48 Å². The molecule has 0 aliphatic heterocycles. The summed E-state index contributed by atoms with van der Waals surface area (Å²) in [5.41, 5.74) is 2.69. The summed E-state index contributed by atoms with van der Waals surface area (Å²) in [6.45, 7) is 7.93. The second-order valence-electron chi connectivity index (χ2n) is 4.79. The zero-order valence-corrected chi connectivity index (χ0v) is 12.3. The molecule has 0 atom stereocenters. The van der Waals surface area contributed by atoms with E-state index in [0.29, 0.717) is 25.3 Å². The fourth-order valence-electron chi connectivity index (χ4n) is 2.25. The van der Waals surface area contributed by atoms with Gasteiger partial charge in [0.05, 0.1) is 5.69 Å². The van der Waals surface area contributed by atoms with Crippen LogP contribution in [0.1, 0.15) is 35.6 Å². The van der Waals surface area contributed by atoms with Crippen LogP contribution < -0.4 is 0 Å². The highest BCUT2D eigenvalue weighted by molar-refractivity contribution is 5.92. The summed E-state index contributed by atoms with van der Waals surface area (Å²) < 4.78 is 1.77. The first-order valence-electron chi connectivity index (χ1n) is 7.03. The molecule has 106 valence electrons. The molecule has 0 saturated carbocycles. The number of hydrogen-bond donors (Lipinski definition) is 0. The summed E-state index contributed by atoms with van der Waals surface area (Å²) in [5.74, 6) is 0.0406. The summed E-state index contributed by atoms with van der Waals surface area (Å²) >= 11 is 0. The monoisotopic (exact) mass is 271 g/mol.